The molecule has 0 saturated heterocycles. The highest BCUT2D eigenvalue weighted by molar-refractivity contribution is 5.18. The lowest BCUT2D eigenvalue weighted by Crippen LogP contribution is -2.44. The van der Waals surface area contributed by atoms with Crippen molar-refractivity contribution in [2.24, 2.45) is 10.8 Å². The zero-order valence-electron chi connectivity index (χ0n) is 10.2. The molecule has 0 N–H and O–H groups in total. The molecule has 0 heteroatoms. The van der Waals surface area contributed by atoms with Crippen LogP contribution in [0.3, 0.4) is 0 Å². The van der Waals surface area contributed by atoms with E-state index in [0.717, 1.165) is 0 Å². The van der Waals surface area contributed by atoms with Crippen molar-refractivity contribution in [1.82, 2.24) is 0 Å². The lowest BCUT2D eigenvalue weighted by molar-refractivity contribution is -0.0160. The molecule has 15 heavy (non-hydrogen) atoms. The van der Waals surface area contributed by atoms with Crippen LogP contribution in [0.4, 0.5) is 0 Å². The number of rotatable bonds is 3. The molecule has 1 saturated carbocycles. The van der Waals surface area contributed by atoms with Crippen molar-refractivity contribution in [3.05, 3.63) is 35.9 Å². The Morgan fingerprint density at radius 3 is 2.13 bits per heavy atom. The maximum absolute atomic E-state index is 2.39. The summed E-state index contributed by atoms with van der Waals surface area (Å²) >= 11 is 0. The van der Waals surface area contributed by atoms with Crippen molar-refractivity contribution in [3.63, 3.8) is 0 Å². The highest BCUT2D eigenvalue weighted by Crippen LogP contribution is 2.57. The standard InChI is InChI=1S/C15H22/c1-4-15(11-14(2,3)12-15)10-13-8-6-5-7-9-13/h5-9H,4,10-12H2,1-3H3. The molecule has 1 aromatic rings. The first-order chi connectivity index (χ1) is 7.05. The normalized spacial score (nSPS) is 22.1. The Labute approximate surface area is 93.7 Å². The van der Waals surface area contributed by atoms with Gasteiger partial charge in [0, 0.05) is 0 Å². The molecule has 0 aliphatic heterocycles. The van der Waals surface area contributed by atoms with E-state index in [1.165, 1.54) is 31.2 Å². The Kier molecular flexibility index (Phi) is 2.62. The van der Waals surface area contributed by atoms with Crippen molar-refractivity contribution in [3.8, 4) is 0 Å². The van der Waals surface area contributed by atoms with E-state index in [1.807, 2.05) is 0 Å². The zero-order chi connectivity index (χ0) is 10.9. The van der Waals surface area contributed by atoms with Gasteiger partial charge in [0.2, 0.25) is 0 Å². The lowest BCUT2D eigenvalue weighted by Gasteiger charge is -2.53. The second-order valence-electron chi connectivity index (χ2n) is 6.03. The van der Waals surface area contributed by atoms with Crippen LogP contribution in [0.1, 0.15) is 45.6 Å². The summed E-state index contributed by atoms with van der Waals surface area (Å²) < 4.78 is 0. The van der Waals surface area contributed by atoms with Gasteiger partial charge in [0.25, 0.3) is 0 Å². The summed E-state index contributed by atoms with van der Waals surface area (Å²) in [6.07, 6.45) is 5.38. The SMILES string of the molecule is CCC1(Cc2ccccc2)CC(C)(C)C1. The van der Waals surface area contributed by atoms with Crippen molar-refractivity contribution >= 4 is 0 Å². The van der Waals surface area contributed by atoms with E-state index in [1.54, 1.807) is 0 Å². The molecule has 0 atom stereocenters. The molecule has 82 valence electrons. The molecule has 0 spiro atoms. The third kappa shape index (κ3) is 2.25. The second-order valence-corrected chi connectivity index (χ2v) is 6.03. The third-order valence-corrected chi connectivity index (χ3v) is 3.88. The Morgan fingerprint density at radius 1 is 1.07 bits per heavy atom. The largest absolute Gasteiger partial charge is 0.0648 e. The molecule has 0 radical (unpaired) electrons. The monoisotopic (exact) mass is 202 g/mol. The van der Waals surface area contributed by atoms with Crippen LogP contribution in [0.5, 0.6) is 0 Å². The van der Waals surface area contributed by atoms with Crippen molar-refractivity contribution in [2.75, 3.05) is 0 Å². The first-order valence-electron chi connectivity index (χ1n) is 6.09. The summed E-state index contributed by atoms with van der Waals surface area (Å²) in [4.78, 5) is 0. The van der Waals surface area contributed by atoms with Gasteiger partial charge in [-0.2, -0.15) is 0 Å². The van der Waals surface area contributed by atoms with Crippen LogP contribution in [0, 0.1) is 10.8 Å². The summed E-state index contributed by atoms with van der Waals surface area (Å²) in [5, 5.41) is 0. The minimum Gasteiger partial charge on any atom is -0.0648 e. The Bertz CT molecular complexity index is 313. The lowest BCUT2D eigenvalue weighted by atomic mass is 9.51. The van der Waals surface area contributed by atoms with Crippen molar-refractivity contribution in [1.29, 1.82) is 0 Å². The minimum atomic E-state index is 0.588. The first kappa shape index (κ1) is 10.7. The van der Waals surface area contributed by atoms with Gasteiger partial charge in [0.1, 0.15) is 0 Å². The maximum Gasteiger partial charge on any atom is -0.0222 e. The molecule has 0 amide bonds. The van der Waals surface area contributed by atoms with Gasteiger partial charge in [0.15, 0.2) is 0 Å². The van der Waals surface area contributed by atoms with E-state index in [4.69, 9.17) is 0 Å². The van der Waals surface area contributed by atoms with Gasteiger partial charge in [-0.05, 0) is 35.7 Å². The van der Waals surface area contributed by atoms with E-state index in [2.05, 4.69) is 51.1 Å². The molecular formula is C15H22. The predicted molar refractivity (Wildman–Crippen MR) is 65.9 cm³/mol. The molecule has 0 heterocycles. The van der Waals surface area contributed by atoms with Crippen LogP contribution in [0.2, 0.25) is 0 Å². The van der Waals surface area contributed by atoms with E-state index in [0.29, 0.717) is 10.8 Å². The zero-order valence-corrected chi connectivity index (χ0v) is 10.2. The van der Waals surface area contributed by atoms with Crippen molar-refractivity contribution < 1.29 is 0 Å². The smallest absolute Gasteiger partial charge is 0.0222 e. The average Bonchev–Trinajstić information content (AvgIpc) is 2.16. The summed E-state index contributed by atoms with van der Waals surface area (Å²) in [6, 6.07) is 10.9. The molecule has 0 aromatic heterocycles. The highest BCUT2D eigenvalue weighted by Gasteiger charge is 2.47. The molecule has 1 aromatic carbocycles. The van der Waals surface area contributed by atoms with Crippen LogP contribution < -0.4 is 0 Å². The van der Waals surface area contributed by atoms with E-state index in [-0.39, 0.29) is 0 Å². The molecule has 1 aliphatic rings. The van der Waals surface area contributed by atoms with Gasteiger partial charge in [0.05, 0.1) is 0 Å². The summed E-state index contributed by atoms with van der Waals surface area (Å²) in [5.41, 5.74) is 2.70. The quantitative estimate of drug-likeness (QED) is 0.679. The molecule has 0 bridgehead atoms. The van der Waals surface area contributed by atoms with Crippen molar-refractivity contribution in [2.45, 2.75) is 46.5 Å². The summed E-state index contributed by atoms with van der Waals surface area (Å²) in [6.45, 7) is 7.13. The van der Waals surface area contributed by atoms with Gasteiger partial charge in [-0.25, -0.2) is 0 Å². The fourth-order valence-electron chi connectivity index (χ4n) is 3.51. The Balaban J connectivity index is 2.05. The number of hydrogen-bond donors (Lipinski definition) is 0. The van der Waals surface area contributed by atoms with Crippen LogP contribution in [0.15, 0.2) is 30.3 Å². The molecule has 0 unspecified atom stereocenters. The fraction of sp³-hybridized carbons (Fsp3) is 0.600. The van der Waals surface area contributed by atoms with Crippen LogP contribution in [-0.2, 0) is 6.42 Å². The number of hydrogen-bond acceptors (Lipinski definition) is 0. The molecule has 2 rings (SSSR count). The molecular weight excluding hydrogens is 180 g/mol. The van der Waals surface area contributed by atoms with E-state index in [9.17, 15) is 0 Å². The minimum absolute atomic E-state index is 0.588. The van der Waals surface area contributed by atoms with Gasteiger partial charge in [-0.3, -0.25) is 0 Å². The van der Waals surface area contributed by atoms with Gasteiger partial charge >= 0.3 is 0 Å². The second kappa shape index (κ2) is 3.66. The average molecular weight is 202 g/mol. The predicted octanol–water partition coefficient (Wildman–Crippen LogP) is 4.45. The van der Waals surface area contributed by atoms with Gasteiger partial charge < -0.3 is 0 Å². The molecule has 1 fully saturated rings. The summed E-state index contributed by atoms with van der Waals surface area (Å²) in [5.74, 6) is 0. The topological polar surface area (TPSA) is 0 Å². The number of benzene rings is 1. The van der Waals surface area contributed by atoms with Crippen LogP contribution >= 0.6 is 0 Å². The van der Waals surface area contributed by atoms with Gasteiger partial charge in [-0.1, -0.05) is 57.5 Å². The summed E-state index contributed by atoms with van der Waals surface area (Å²) in [7, 11) is 0. The van der Waals surface area contributed by atoms with Crippen LogP contribution in [0.25, 0.3) is 0 Å². The Hall–Kier alpha value is -0.780. The molecule has 0 nitrogen and oxygen atoms in total. The van der Waals surface area contributed by atoms with Gasteiger partial charge in [-0.15, -0.1) is 0 Å². The van der Waals surface area contributed by atoms with E-state index < -0.39 is 0 Å². The highest BCUT2D eigenvalue weighted by atomic mass is 14.5. The third-order valence-electron chi connectivity index (χ3n) is 3.88. The first-order valence-corrected chi connectivity index (χ1v) is 6.09. The maximum atomic E-state index is 2.39. The van der Waals surface area contributed by atoms with Crippen LogP contribution in [-0.4, -0.2) is 0 Å². The van der Waals surface area contributed by atoms with E-state index >= 15 is 0 Å². The Morgan fingerprint density at radius 2 is 1.67 bits per heavy atom. The molecule has 1 aliphatic carbocycles. The fourth-order valence-corrected chi connectivity index (χ4v) is 3.51.